The van der Waals surface area contributed by atoms with Gasteiger partial charge in [0, 0.05) is 11.6 Å². The van der Waals surface area contributed by atoms with Crippen LogP contribution in [0.5, 0.6) is 11.5 Å². The molecule has 0 saturated heterocycles. The Hall–Kier alpha value is -2.32. The van der Waals surface area contributed by atoms with Gasteiger partial charge in [-0.2, -0.15) is 0 Å². The molecule has 0 aliphatic heterocycles. The average molecular weight is 272 g/mol. The van der Waals surface area contributed by atoms with Crippen molar-refractivity contribution in [3.8, 4) is 11.5 Å². The van der Waals surface area contributed by atoms with Gasteiger partial charge in [0.25, 0.3) is 0 Å². The number of aromatic hydroxyl groups is 2. The number of phenolic OH excluding ortho intramolecular Hbond substituents is 1. The number of carbonyl (C=O) groups is 2. The fourth-order valence-corrected chi connectivity index (χ4v) is 1.42. The summed E-state index contributed by atoms with van der Waals surface area (Å²) in [7, 11) is 0.984. The van der Waals surface area contributed by atoms with Crippen molar-refractivity contribution in [2.75, 3.05) is 7.11 Å². The van der Waals surface area contributed by atoms with Gasteiger partial charge in [0.2, 0.25) is 0 Å². The molecule has 2 atom stereocenters. The zero-order chi connectivity index (χ0) is 14.7. The quantitative estimate of drug-likeness (QED) is 0.455. The molecule has 0 radical (unpaired) electrons. The number of carbonyl (C=O) groups excluding carboxylic acids is 1. The Morgan fingerprint density at radius 1 is 1.16 bits per heavy atom. The zero-order valence-corrected chi connectivity index (χ0v) is 9.77. The second-order valence-corrected chi connectivity index (χ2v) is 3.65. The van der Waals surface area contributed by atoms with Crippen molar-refractivity contribution in [2.45, 2.75) is 12.2 Å². The number of phenols is 2. The predicted octanol–water partition coefficient (Wildman–Crippen LogP) is -0.637. The number of aliphatic hydroxyl groups excluding tert-OH is 2. The molecule has 1 aromatic rings. The summed E-state index contributed by atoms with van der Waals surface area (Å²) in [5, 5.41) is 46.7. The Kier molecular flexibility index (Phi) is 4.30. The van der Waals surface area contributed by atoms with Crippen LogP contribution in [-0.4, -0.2) is 50.7 Å². The summed E-state index contributed by atoms with van der Waals surface area (Å²) in [4.78, 5) is 21.8. The number of hydrogen-bond donors (Lipinski definition) is 5. The fourth-order valence-electron chi connectivity index (χ4n) is 1.42. The van der Waals surface area contributed by atoms with E-state index in [1.165, 1.54) is 0 Å². The first-order valence-corrected chi connectivity index (χ1v) is 5.02. The molecule has 2 unspecified atom stereocenters. The topological polar surface area (TPSA) is 145 Å². The number of carboxylic acids is 1. The molecule has 0 spiro atoms. The van der Waals surface area contributed by atoms with Crippen LogP contribution in [0.1, 0.15) is 22.0 Å². The van der Waals surface area contributed by atoms with Crippen molar-refractivity contribution in [1.82, 2.24) is 0 Å². The second-order valence-electron chi connectivity index (χ2n) is 3.65. The van der Waals surface area contributed by atoms with E-state index in [1.54, 1.807) is 0 Å². The van der Waals surface area contributed by atoms with E-state index in [2.05, 4.69) is 4.74 Å². The van der Waals surface area contributed by atoms with E-state index in [0.29, 0.717) is 6.07 Å². The smallest absolute Gasteiger partial charge is 0.339 e. The first-order valence-electron chi connectivity index (χ1n) is 5.02. The summed E-state index contributed by atoms with van der Waals surface area (Å²) in [6.07, 6.45) is -3.90. The van der Waals surface area contributed by atoms with Crippen LogP contribution >= 0.6 is 0 Å². The van der Waals surface area contributed by atoms with Crippen molar-refractivity contribution in [3.63, 3.8) is 0 Å². The van der Waals surface area contributed by atoms with Crippen LogP contribution in [0.25, 0.3) is 0 Å². The third-order valence-corrected chi connectivity index (χ3v) is 2.44. The maximum Gasteiger partial charge on any atom is 0.339 e. The molecule has 1 rings (SSSR count). The minimum absolute atomic E-state index is 0.423. The van der Waals surface area contributed by atoms with Crippen molar-refractivity contribution >= 4 is 11.9 Å². The van der Waals surface area contributed by atoms with Crippen LogP contribution in [0.4, 0.5) is 0 Å². The van der Waals surface area contributed by atoms with Gasteiger partial charge >= 0.3 is 11.9 Å². The van der Waals surface area contributed by atoms with Crippen LogP contribution in [0.15, 0.2) is 12.1 Å². The number of methoxy groups -OCH3 is 1. The van der Waals surface area contributed by atoms with Crippen LogP contribution in [-0.2, 0) is 9.53 Å². The highest BCUT2D eigenvalue weighted by Crippen LogP contribution is 2.33. The van der Waals surface area contributed by atoms with Crippen LogP contribution in [0.2, 0.25) is 0 Å². The van der Waals surface area contributed by atoms with Gasteiger partial charge in [0.05, 0.1) is 7.11 Å². The number of aliphatic hydroxyl groups is 2. The van der Waals surface area contributed by atoms with E-state index in [9.17, 15) is 30.0 Å². The van der Waals surface area contributed by atoms with Gasteiger partial charge in [-0.25, -0.2) is 9.59 Å². The minimum atomic E-state index is -2.00. The predicted molar refractivity (Wildman–Crippen MR) is 59.7 cm³/mol. The largest absolute Gasteiger partial charge is 0.507 e. The molecule has 5 N–H and O–H groups in total. The molecule has 0 fully saturated rings. The van der Waals surface area contributed by atoms with Crippen molar-refractivity contribution in [1.29, 1.82) is 0 Å². The number of rotatable bonds is 4. The number of aromatic carboxylic acids is 1. The number of esters is 1. The lowest BCUT2D eigenvalue weighted by Gasteiger charge is -2.17. The Balaban J connectivity index is 3.23. The molecule has 8 nitrogen and oxygen atoms in total. The molecule has 0 aliphatic carbocycles. The average Bonchev–Trinajstić information content (AvgIpc) is 2.35. The number of carboxylic acid groups (broad SMARTS) is 1. The van der Waals surface area contributed by atoms with Crippen molar-refractivity contribution in [3.05, 3.63) is 23.3 Å². The minimum Gasteiger partial charge on any atom is -0.507 e. The third-order valence-electron chi connectivity index (χ3n) is 2.44. The van der Waals surface area contributed by atoms with E-state index < -0.39 is 46.8 Å². The number of benzene rings is 1. The van der Waals surface area contributed by atoms with Crippen LogP contribution < -0.4 is 0 Å². The van der Waals surface area contributed by atoms with Gasteiger partial charge in [-0.15, -0.1) is 0 Å². The summed E-state index contributed by atoms with van der Waals surface area (Å²) in [5.41, 5.74) is -1.02. The molecule has 0 aliphatic rings. The highest BCUT2D eigenvalue weighted by molar-refractivity contribution is 5.91. The lowest BCUT2D eigenvalue weighted by molar-refractivity contribution is -0.156. The first-order chi connectivity index (χ1) is 8.79. The highest BCUT2D eigenvalue weighted by atomic mass is 16.5. The second kappa shape index (κ2) is 5.55. The summed E-state index contributed by atoms with van der Waals surface area (Å²) < 4.78 is 4.20. The van der Waals surface area contributed by atoms with Gasteiger partial charge in [-0.1, -0.05) is 0 Å². The molecule has 8 heteroatoms. The third kappa shape index (κ3) is 2.92. The van der Waals surface area contributed by atoms with Crippen molar-refractivity contribution in [2.24, 2.45) is 0 Å². The molecule has 0 aromatic heterocycles. The molecule has 104 valence electrons. The number of hydrogen-bond acceptors (Lipinski definition) is 7. The van der Waals surface area contributed by atoms with E-state index in [0.717, 1.165) is 13.2 Å². The summed E-state index contributed by atoms with van der Waals surface area (Å²) in [5.74, 6) is -4.04. The van der Waals surface area contributed by atoms with E-state index >= 15 is 0 Å². The summed E-state index contributed by atoms with van der Waals surface area (Å²) in [6, 6.07) is 1.44. The number of ether oxygens (including phenoxy) is 1. The lowest BCUT2D eigenvalue weighted by atomic mass is 10.00. The molecular weight excluding hydrogens is 260 g/mol. The van der Waals surface area contributed by atoms with Crippen LogP contribution in [0, 0.1) is 0 Å². The molecule has 1 aromatic carbocycles. The highest BCUT2D eigenvalue weighted by Gasteiger charge is 2.30. The SMILES string of the molecule is COC(=O)C(O)C(O)c1cc(C(=O)O)c(O)cc1O. The monoisotopic (exact) mass is 272 g/mol. The Morgan fingerprint density at radius 2 is 1.74 bits per heavy atom. The van der Waals surface area contributed by atoms with Gasteiger partial charge in [0.15, 0.2) is 6.10 Å². The summed E-state index contributed by atoms with van der Waals surface area (Å²) in [6.45, 7) is 0. The Bertz CT molecular complexity index is 510. The molecule has 0 amide bonds. The maximum absolute atomic E-state index is 11.0. The first kappa shape index (κ1) is 14.7. The standard InChI is InChI=1S/C11H12O8/c1-19-11(18)9(15)8(14)4-2-5(10(16)17)7(13)3-6(4)12/h2-3,8-9,12-15H,1H3,(H,16,17). The van der Waals surface area contributed by atoms with Crippen LogP contribution in [0.3, 0.4) is 0 Å². The lowest BCUT2D eigenvalue weighted by Crippen LogP contribution is -2.29. The molecular formula is C11H12O8. The normalized spacial score (nSPS) is 13.6. The molecule has 0 heterocycles. The van der Waals surface area contributed by atoms with E-state index in [4.69, 9.17) is 5.11 Å². The Morgan fingerprint density at radius 3 is 2.21 bits per heavy atom. The van der Waals surface area contributed by atoms with Gasteiger partial charge < -0.3 is 30.3 Å². The molecule has 0 bridgehead atoms. The zero-order valence-electron chi connectivity index (χ0n) is 9.77. The Labute approximate surface area is 107 Å². The summed E-state index contributed by atoms with van der Waals surface area (Å²) >= 11 is 0. The van der Waals surface area contributed by atoms with Gasteiger partial charge in [-0.3, -0.25) is 0 Å². The molecule has 0 saturated carbocycles. The fraction of sp³-hybridized carbons (Fsp3) is 0.273. The van der Waals surface area contributed by atoms with Gasteiger partial charge in [0.1, 0.15) is 23.2 Å². The maximum atomic E-state index is 11.0. The van der Waals surface area contributed by atoms with E-state index in [-0.39, 0.29) is 0 Å². The van der Waals surface area contributed by atoms with Crippen molar-refractivity contribution < 1.29 is 39.9 Å². The van der Waals surface area contributed by atoms with E-state index in [1.807, 2.05) is 0 Å². The van der Waals surface area contributed by atoms with Gasteiger partial charge in [-0.05, 0) is 6.07 Å². The molecule has 19 heavy (non-hydrogen) atoms.